The molecule has 4 rings (SSSR count). The number of ether oxygens (including phenoxy) is 1. The van der Waals surface area contributed by atoms with E-state index >= 15 is 0 Å². The van der Waals surface area contributed by atoms with Crippen molar-refractivity contribution in [2.24, 2.45) is 92.1 Å². The third-order valence-corrected chi connectivity index (χ3v) is 22.0. The normalized spacial score (nSPS) is 21.1. The highest BCUT2D eigenvalue weighted by Crippen LogP contribution is 2.64. The second-order valence-corrected chi connectivity index (χ2v) is 38.5. The van der Waals surface area contributed by atoms with E-state index in [0.29, 0.717) is 92.1 Å². The lowest BCUT2D eigenvalue weighted by molar-refractivity contribution is -0.113. The molecule has 0 unspecified atom stereocenters. The highest BCUT2D eigenvalue weighted by molar-refractivity contribution is 5.05. The molecule has 442 valence electrons. The van der Waals surface area contributed by atoms with E-state index in [0.717, 1.165) is 13.2 Å². The van der Waals surface area contributed by atoms with E-state index in [-0.39, 0.29) is 0 Å². The molecule has 1 aliphatic heterocycles. The average molecular weight is 1030 g/mol. The molecule has 0 aromatic carbocycles. The maximum absolute atomic E-state index is 5.52. The van der Waals surface area contributed by atoms with E-state index in [1.165, 1.54) is 96.3 Å². The van der Waals surface area contributed by atoms with Gasteiger partial charge in [-0.15, -0.1) is 0 Å². The van der Waals surface area contributed by atoms with Gasteiger partial charge in [0, 0.05) is 13.2 Å². The molecule has 0 N–H and O–H groups in total. The number of hydrogen-bond donors (Lipinski definition) is 0. The van der Waals surface area contributed by atoms with Crippen LogP contribution >= 0.6 is 0 Å². The summed E-state index contributed by atoms with van der Waals surface area (Å²) in [5.41, 5.74) is 7.77. The van der Waals surface area contributed by atoms with Crippen LogP contribution in [0.25, 0.3) is 0 Å². The Morgan fingerprint density at radius 1 is 0.233 bits per heavy atom. The van der Waals surface area contributed by atoms with Gasteiger partial charge in [-0.05, 0) is 150 Å². The zero-order valence-corrected chi connectivity index (χ0v) is 58.9. The first-order valence-corrected chi connectivity index (χ1v) is 31.1. The summed E-state index contributed by atoms with van der Waals surface area (Å²) in [4.78, 5) is 0. The Labute approximate surface area is 467 Å². The van der Waals surface area contributed by atoms with Gasteiger partial charge in [0.15, 0.2) is 0 Å². The molecule has 73 heavy (non-hydrogen) atoms. The Hall–Kier alpha value is -0.0400. The molecule has 0 aromatic heterocycles. The molecule has 0 aromatic rings. The van der Waals surface area contributed by atoms with Crippen LogP contribution in [0.15, 0.2) is 0 Å². The molecule has 4 fully saturated rings. The summed E-state index contributed by atoms with van der Waals surface area (Å²) in [6.45, 7) is 92.0. The molecule has 0 spiro atoms. The minimum Gasteiger partial charge on any atom is -0.381 e. The largest absolute Gasteiger partial charge is 0.381 e. The molecule has 0 bridgehead atoms. The lowest BCUT2D eigenvalue weighted by Crippen LogP contribution is -2.51. The smallest absolute Gasteiger partial charge is 0.0471 e. The quantitative estimate of drug-likeness (QED) is 0.235. The molecule has 1 heteroatoms. The van der Waals surface area contributed by atoms with Crippen LogP contribution in [-0.4, -0.2) is 13.2 Å². The molecule has 0 amide bonds. The molecule has 4 aliphatic rings. The summed E-state index contributed by atoms with van der Waals surface area (Å²) >= 11 is 0. The predicted octanol–water partition coefficient (Wildman–Crippen LogP) is 25.4. The Kier molecular flexibility index (Phi) is 25.9. The second kappa shape index (κ2) is 25.2. The van der Waals surface area contributed by atoms with Gasteiger partial charge in [0.05, 0.1) is 0 Å². The molecule has 0 radical (unpaired) electrons. The Balaban J connectivity index is 0. The molecule has 0 atom stereocenters. The Morgan fingerprint density at radius 2 is 0.411 bits per heavy atom. The van der Waals surface area contributed by atoms with Crippen molar-refractivity contribution >= 4 is 0 Å². The van der Waals surface area contributed by atoms with Crippen LogP contribution in [0.4, 0.5) is 0 Å². The van der Waals surface area contributed by atoms with Crippen LogP contribution in [0.2, 0.25) is 0 Å². The summed E-state index contributed by atoms with van der Waals surface area (Å²) in [5.74, 6) is 0. The average Bonchev–Trinajstić information content (AvgIpc) is 3.61. The topological polar surface area (TPSA) is 9.23 Å². The minimum absolute atomic E-state index is 0.370. The molecule has 1 heterocycles. The van der Waals surface area contributed by atoms with Crippen LogP contribution in [-0.2, 0) is 4.74 Å². The summed E-state index contributed by atoms with van der Waals surface area (Å²) in [6.07, 6.45) is 20.9. The summed E-state index contributed by atoms with van der Waals surface area (Å²) in [5, 5.41) is 0. The zero-order valence-electron chi connectivity index (χ0n) is 58.9. The molecule has 1 saturated heterocycles. The van der Waals surface area contributed by atoms with Gasteiger partial charge in [-0.25, -0.2) is 0 Å². The molecule has 3 saturated carbocycles. The SMILES string of the molecule is CC(C)(C)C(C)(C)C(C)(C)C.CC(C)(C)C1(C(C)(C)C)CCC1.CC(C)(C)C1(C(C)(C)C)CCCC1.CC(C)(C)C1(C(C)(C)C)CCCCC1.CC(C)(C)C1(C(C)(C)C)CCOCC1.CC(C)(C)CC(C)(C)C. The minimum atomic E-state index is 0.370. The first-order chi connectivity index (χ1) is 31.5. The van der Waals surface area contributed by atoms with Crippen LogP contribution in [0, 0.1) is 92.1 Å². The lowest BCUT2D eigenvalue weighted by Gasteiger charge is -2.60. The van der Waals surface area contributed by atoms with Crippen LogP contribution in [0.5, 0.6) is 0 Å². The maximum atomic E-state index is 5.52. The lowest BCUT2D eigenvalue weighted by atomic mass is 9.45. The van der Waals surface area contributed by atoms with Crippen molar-refractivity contribution in [2.75, 3.05) is 13.2 Å². The monoisotopic (exact) mass is 1030 g/mol. The van der Waals surface area contributed by atoms with Gasteiger partial charge in [-0.1, -0.05) is 302 Å². The van der Waals surface area contributed by atoms with Crippen molar-refractivity contribution in [1.82, 2.24) is 0 Å². The molecule has 1 nitrogen and oxygen atoms in total. The maximum Gasteiger partial charge on any atom is 0.0471 e. The van der Waals surface area contributed by atoms with Crippen molar-refractivity contribution in [3.05, 3.63) is 0 Å². The highest BCUT2D eigenvalue weighted by Gasteiger charge is 2.55. The fourth-order valence-electron chi connectivity index (χ4n) is 16.6. The van der Waals surface area contributed by atoms with E-state index in [2.05, 4.69) is 263 Å². The summed E-state index contributed by atoms with van der Waals surface area (Å²) < 4.78 is 5.52. The van der Waals surface area contributed by atoms with Crippen molar-refractivity contribution in [1.29, 1.82) is 0 Å². The number of rotatable bonds is 0. The van der Waals surface area contributed by atoms with Crippen LogP contribution < -0.4 is 0 Å². The highest BCUT2D eigenvalue weighted by atomic mass is 16.5. The first-order valence-electron chi connectivity index (χ1n) is 31.1. The third-order valence-electron chi connectivity index (χ3n) is 22.0. The van der Waals surface area contributed by atoms with Gasteiger partial charge in [-0.3, -0.25) is 0 Å². The van der Waals surface area contributed by atoms with E-state index in [9.17, 15) is 0 Å². The predicted molar refractivity (Wildman–Crippen MR) is 337 cm³/mol. The van der Waals surface area contributed by atoms with E-state index in [1.54, 1.807) is 0 Å². The van der Waals surface area contributed by atoms with E-state index < -0.39 is 0 Å². The second-order valence-electron chi connectivity index (χ2n) is 38.5. The first kappa shape index (κ1) is 75.0. The van der Waals surface area contributed by atoms with Crippen molar-refractivity contribution < 1.29 is 4.74 Å². The van der Waals surface area contributed by atoms with E-state index in [1.807, 2.05) is 0 Å². The van der Waals surface area contributed by atoms with Gasteiger partial charge >= 0.3 is 0 Å². The van der Waals surface area contributed by atoms with Gasteiger partial charge in [-0.2, -0.15) is 0 Å². The molecular weight excluding hydrogens is 881 g/mol. The third kappa shape index (κ3) is 19.9. The van der Waals surface area contributed by atoms with Gasteiger partial charge in [0.1, 0.15) is 0 Å². The van der Waals surface area contributed by atoms with E-state index in [4.69, 9.17) is 4.74 Å². The van der Waals surface area contributed by atoms with Crippen molar-refractivity contribution in [3.8, 4) is 0 Å². The molecular formula is C72H148O. The fourth-order valence-corrected chi connectivity index (χ4v) is 16.6. The zero-order chi connectivity index (χ0) is 59.2. The molecule has 3 aliphatic carbocycles. The van der Waals surface area contributed by atoms with Crippen LogP contribution in [0.1, 0.15) is 359 Å². The summed E-state index contributed by atoms with van der Waals surface area (Å²) in [6, 6.07) is 0. The van der Waals surface area contributed by atoms with Crippen LogP contribution in [0.3, 0.4) is 0 Å². The van der Waals surface area contributed by atoms with Gasteiger partial charge in [0.25, 0.3) is 0 Å². The number of hydrogen-bond acceptors (Lipinski definition) is 1. The standard InChI is InChI=1S/C14H28.C13H26O.C13H26.C12H24.C11H24.C9H20/c1-12(2,3)14(13(4,5)6)10-8-7-9-11-14;1-11(2,3)13(12(4,5)6)7-9-14-10-8-13;1-11(2,3)13(12(4,5)6)9-7-8-10-13;1-10(2,3)12(8-7-9-12)11(4,5)6;1-9(2,3)11(7,8)10(4,5)6;1-8(2,3)7-9(4,5)6/h7-11H2,1-6H3;7-10H2,1-6H3;7-10H2,1-6H3;7-9H2,1-6H3;1-8H3;7H2,1-6H3. The van der Waals surface area contributed by atoms with Crippen molar-refractivity contribution in [3.63, 3.8) is 0 Å². The van der Waals surface area contributed by atoms with Crippen molar-refractivity contribution in [2.45, 2.75) is 359 Å². The van der Waals surface area contributed by atoms with Gasteiger partial charge in [0.2, 0.25) is 0 Å². The Bertz CT molecular complexity index is 1380. The fraction of sp³-hybridized carbons (Fsp3) is 1.00. The summed E-state index contributed by atoms with van der Waals surface area (Å²) in [7, 11) is 0. The Morgan fingerprint density at radius 3 is 0.507 bits per heavy atom. The van der Waals surface area contributed by atoms with Gasteiger partial charge < -0.3 is 4.74 Å².